The van der Waals surface area contributed by atoms with Crippen LogP contribution in [0.2, 0.25) is 0 Å². The molecule has 0 amide bonds. The molecule has 0 saturated carbocycles. The standard InChI is InChI=1S/C19H11F3O3/c1-24-12-6-5-10-9-16-14(8-11(10)7-12)17(23)13-3-2-4-15(18(13)25-16)19(20,21)22/h2-9H,1H3. The van der Waals surface area contributed by atoms with Gasteiger partial charge in [-0.1, -0.05) is 12.1 Å². The number of methoxy groups -OCH3 is 1. The van der Waals surface area contributed by atoms with E-state index in [-0.39, 0.29) is 16.4 Å². The summed E-state index contributed by atoms with van der Waals surface area (Å²) in [6.07, 6.45) is -4.60. The van der Waals surface area contributed by atoms with Gasteiger partial charge in [-0.15, -0.1) is 0 Å². The maximum absolute atomic E-state index is 13.2. The van der Waals surface area contributed by atoms with Gasteiger partial charge in [0.1, 0.15) is 11.3 Å². The van der Waals surface area contributed by atoms with Crippen molar-refractivity contribution >= 4 is 32.7 Å². The Hall–Kier alpha value is -3.02. The van der Waals surface area contributed by atoms with Crippen molar-refractivity contribution in [2.45, 2.75) is 6.18 Å². The third-order valence-electron chi connectivity index (χ3n) is 4.17. The molecule has 0 radical (unpaired) electrons. The Bertz CT molecular complexity index is 1190. The number of ether oxygens (including phenoxy) is 1. The minimum Gasteiger partial charge on any atom is -0.497 e. The molecule has 3 aromatic carbocycles. The van der Waals surface area contributed by atoms with Crippen molar-refractivity contribution < 1.29 is 22.3 Å². The lowest BCUT2D eigenvalue weighted by molar-refractivity contribution is -0.136. The first-order chi connectivity index (χ1) is 11.9. The molecular formula is C19H11F3O3. The second kappa shape index (κ2) is 5.24. The normalized spacial score (nSPS) is 12.2. The van der Waals surface area contributed by atoms with E-state index in [1.54, 1.807) is 30.3 Å². The molecule has 0 fully saturated rings. The summed E-state index contributed by atoms with van der Waals surface area (Å²) in [6, 6.07) is 11.9. The van der Waals surface area contributed by atoms with E-state index in [1.165, 1.54) is 19.2 Å². The number of benzene rings is 3. The van der Waals surface area contributed by atoms with Crippen molar-refractivity contribution in [1.82, 2.24) is 0 Å². The Kier molecular flexibility index (Phi) is 3.25. The smallest absolute Gasteiger partial charge is 0.420 e. The van der Waals surface area contributed by atoms with Crippen LogP contribution in [0.25, 0.3) is 32.7 Å². The van der Waals surface area contributed by atoms with Gasteiger partial charge in [0, 0.05) is 0 Å². The van der Waals surface area contributed by atoms with Crippen molar-refractivity contribution in [3.05, 3.63) is 64.3 Å². The number of para-hydroxylation sites is 1. The average Bonchev–Trinajstić information content (AvgIpc) is 2.59. The number of halogens is 3. The topological polar surface area (TPSA) is 39.4 Å². The molecule has 4 rings (SSSR count). The Labute approximate surface area is 139 Å². The van der Waals surface area contributed by atoms with Gasteiger partial charge in [0.15, 0.2) is 5.58 Å². The van der Waals surface area contributed by atoms with Crippen LogP contribution in [0.4, 0.5) is 13.2 Å². The molecule has 1 heterocycles. The van der Waals surface area contributed by atoms with Crippen LogP contribution >= 0.6 is 0 Å². The first kappa shape index (κ1) is 15.5. The molecule has 6 heteroatoms. The number of rotatable bonds is 1. The fraction of sp³-hybridized carbons (Fsp3) is 0.105. The minimum atomic E-state index is -4.60. The quantitative estimate of drug-likeness (QED) is 0.450. The fourth-order valence-corrected chi connectivity index (χ4v) is 2.95. The summed E-state index contributed by atoms with van der Waals surface area (Å²) in [5, 5.41) is 1.61. The summed E-state index contributed by atoms with van der Waals surface area (Å²) in [5.74, 6) is 0.622. The molecule has 0 aliphatic rings. The van der Waals surface area contributed by atoms with Crippen LogP contribution < -0.4 is 10.2 Å². The third-order valence-corrected chi connectivity index (χ3v) is 4.17. The van der Waals surface area contributed by atoms with Gasteiger partial charge in [-0.3, -0.25) is 4.79 Å². The second-order valence-corrected chi connectivity index (χ2v) is 5.67. The van der Waals surface area contributed by atoms with Gasteiger partial charge in [-0.05, 0) is 47.2 Å². The minimum absolute atomic E-state index is 0.0930. The lowest BCUT2D eigenvalue weighted by Gasteiger charge is -2.10. The first-order valence-electron chi connectivity index (χ1n) is 7.43. The number of fused-ring (bicyclic) bond motifs is 3. The highest BCUT2D eigenvalue weighted by Gasteiger charge is 2.34. The molecular weight excluding hydrogens is 333 g/mol. The SMILES string of the molecule is COc1ccc2cc3oc4c(C(F)(F)F)cccc4c(=O)c3cc2c1. The van der Waals surface area contributed by atoms with Crippen molar-refractivity contribution in [3.8, 4) is 5.75 Å². The van der Waals surface area contributed by atoms with Gasteiger partial charge in [0.05, 0.1) is 23.4 Å². The van der Waals surface area contributed by atoms with E-state index in [1.807, 2.05) is 0 Å². The van der Waals surface area contributed by atoms with Crippen LogP contribution in [0.5, 0.6) is 5.75 Å². The van der Waals surface area contributed by atoms with Gasteiger partial charge in [0.25, 0.3) is 0 Å². The highest BCUT2D eigenvalue weighted by Crippen LogP contribution is 2.35. The van der Waals surface area contributed by atoms with Crippen LogP contribution in [0.1, 0.15) is 5.56 Å². The number of hydrogen-bond acceptors (Lipinski definition) is 3. The van der Waals surface area contributed by atoms with Crippen molar-refractivity contribution in [1.29, 1.82) is 0 Å². The fourth-order valence-electron chi connectivity index (χ4n) is 2.95. The van der Waals surface area contributed by atoms with E-state index in [0.29, 0.717) is 5.75 Å². The first-order valence-corrected chi connectivity index (χ1v) is 7.43. The molecule has 0 N–H and O–H groups in total. The summed E-state index contributed by atoms with van der Waals surface area (Å²) in [7, 11) is 1.53. The Balaban J connectivity index is 2.15. The van der Waals surface area contributed by atoms with Crippen LogP contribution in [0, 0.1) is 0 Å². The Morgan fingerprint density at radius 3 is 2.48 bits per heavy atom. The molecule has 0 bridgehead atoms. The number of alkyl halides is 3. The zero-order valence-electron chi connectivity index (χ0n) is 13.0. The van der Waals surface area contributed by atoms with Gasteiger partial charge < -0.3 is 9.15 Å². The third kappa shape index (κ3) is 2.41. The zero-order chi connectivity index (χ0) is 17.8. The molecule has 126 valence electrons. The summed E-state index contributed by atoms with van der Waals surface area (Å²) >= 11 is 0. The van der Waals surface area contributed by atoms with E-state index >= 15 is 0 Å². The molecule has 0 aliphatic carbocycles. The van der Waals surface area contributed by atoms with Crippen molar-refractivity contribution in [3.63, 3.8) is 0 Å². The maximum atomic E-state index is 13.2. The molecule has 0 saturated heterocycles. The largest absolute Gasteiger partial charge is 0.497 e. The maximum Gasteiger partial charge on any atom is 0.420 e. The van der Waals surface area contributed by atoms with E-state index in [0.717, 1.165) is 16.8 Å². The van der Waals surface area contributed by atoms with E-state index in [9.17, 15) is 18.0 Å². The summed E-state index contributed by atoms with van der Waals surface area (Å²) in [5.41, 5.74) is -1.78. The molecule has 1 aromatic heterocycles. The highest BCUT2D eigenvalue weighted by atomic mass is 19.4. The lowest BCUT2D eigenvalue weighted by atomic mass is 10.0. The molecule has 0 unspecified atom stereocenters. The van der Waals surface area contributed by atoms with Gasteiger partial charge in [-0.2, -0.15) is 13.2 Å². The highest BCUT2D eigenvalue weighted by molar-refractivity contribution is 6.00. The molecule has 0 atom stereocenters. The van der Waals surface area contributed by atoms with Gasteiger partial charge >= 0.3 is 6.18 Å². The van der Waals surface area contributed by atoms with Crippen molar-refractivity contribution in [2.75, 3.05) is 7.11 Å². The molecule has 0 aliphatic heterocycles. The summed E-state index contributed by atoms with van der Waals surface area (Å²) in [6.45, 7) is 0. The van der Waals surface area contributed by atoms with Crippen molar-refractivity contribution in [2.24, 2.45) is 0 Å². The molecule has 3 nitrogen and oxygen atoms in total. The van der Waals surface area contributed by atoms with Gasteiger partial charge in [0.2, 0.25) is 5.43 Å². The Morgan fingerprint density at radius 2 is 1.76 bits per heavy atom. The van der Waals surface area contributed by atoms with Crippen LogP contribution in [0.3, 0.4) is 0 Å². The second-order valence-electron chi connectivity index (χ2n) is 5.67. The predicted molar refractivity (Wildman–Crippen MR) is 89.1 cm³/mol. The average molecular weight is 344 g/mol. The molecule has 25 heavy (non-hydrogen) atoms. The molecule has 4 aromatic rings. The molecule has 0 spiro atoms. The van der Waals surface area contributed by atoms with Gasteiger partial charge in [-0.25, -0.2) is 0 Å². The Morgan fingerprint density at radius 1 is 0.960 bits per heavy atom. The van der Waals surface area contributed by atoms with E-state index < -0.39 is 22.8 Å². The predicted octanol–water partition coefficient (Wildman–Crippen LogP) is 5.13. The van der Waals surface area contributed by atoms with Crippen LogP contribution in [0.15, 0.2) is 57.7 Å². The lowest BCUT2D eigenvalue weighted by Crippen LogP contribution is -2.09. The summed E-state index contributed by atoms with van der Waals surface area (Å²) in [4.78, 5) is 12.7. The van der Waals surface area contributed by atoms with E-state index in [4.69, 9.17) is 9.15 Å². The zero-order valence-corrected chi connectivity index (χ0v) is 13.0. The van der Waals surface area contributed by atoms with Crippen LogP contribution in [-0.4, -0.2) is 7.11 Å². The monoisotopic (exact) mass is 344 g/mol. The number of hydrogen-bond donors (Lipinski definition) is 0. The summed E-state index contributed by atoms with van der Waals surface area (Å²) < 4.78 is 50.3. The van der Waals surface area contributed by atoms with Crippen LogP contribution in [-0.2, 0) is 6.18 Å². The van der Waals surface area contributed by atoms with E-state index in [2.05, 4.69) is 0 Å².